The molecule has 4 aromatic rings. The van der Waals surface area contributed by atoms with E-state index in [1.165, 1.54) is 17.7 Å². The van der Waals surface area contributed by atoms with E-state index in [1.807, 2.05) is 30.3 Å². The summed E-state index contributed by atoms with van der Waals surface area (Å²) in [6.45, 7) is 5.52. The molecule has 1 aromatic heterocycles. The fraction of sp³-hybridized carbons (Fsp3) is 0.200. The van der Waals surface area contributed by atoms with Crippen LogP contribution in [-0.4, -0.2) is 36.1 Å². The molecule has 3 aromatic carbocycles. The van der Waals surface area contributed by atoms with E-state index in [0.29, 0.717) is 0 Å². The number of halogens is 1. The van der Waals surface area contributed by atoms with Crippen LogP contribution in [-0.2, 0) is 0 Å². The molecule has 0 spiro atoms. The van der Waals surface area contributed by atoms with Crippen molar-refractivity contribution in [3.63, 3.8) is 0 Å². The molecule has 1 aliphatic heterocycles. The van der Waals surface area contributed by atoms with Gasteiger partial charge < -0.3 is 9.80 Å². The highest BCUT2D eigenvalue weighted by Gasteiger charge is 2.21. The lowest BCUT2D eigenvalue weighted by Crippen LogP contribution is -2.47. The van der Waals surface area contributed by atoms with E-state index < -0.39 is 0 Å². The topological polar surface area (TPSA) is 32.3 Å². The summed E-state index contributed by atoms with van der Waals surface area (Å²) in [4.78, 5) is 14.5. The normalized spacial score (nSPS) is 14.3. The summed E-state index contributed by atoms with van der Waals surface area (Å²) in [5.41, 5.74) is 4.25. The van der Waals surface area contributed by atoms with Gasteiger partial charge >= 0.3 is 0 Å². The Bertz CT molecular complexity index is 1180. The summed E-state index contributed by atoms with van der Waals surface area (Å²) >= 11 is 0. The molecule has 0 saturated carbocycles. The number of rotatable bonds is 3. The molecular weight excluding hydrogens is 375 g/mol. The smallest absolute Gasteiger partial charge is 0.162 e. The van der Waals surface area contributed by atoms with E-state index in [-0.39, 0.29) is 5.82 Å². The third kappa shape index (κ3) is 3.59. The molecule has 0 aliphatic carbocycles. The van der Waals surface area contributed by atoms with Crippen LogP contribution in [0.5, 0.6) is 0 Å². The van der Waals surface area contributed by atoms with Gasteiger partial charge in [0.25, 0.3) is 0 Å². The van der Waals surface area contributed by atoms with Gasteiger partial charge in [-0.3, -0.25) is 0 Å². The number of fused-ring (bicyclic) bond motifs is 1. The maximum atomic E-state index is 13.2. The van der Waals surface area contributed by atoms with Gasteiger partial charge in [0.2, 0.25) is 0 Å². The molecular formula is C25H23FN4. The summed E-state index contributed by atoms with van der Waals surface area (Å²) in [6.07, 6.45) is 0. The zero-order valence-electron chi connectivity index (χ0n) is 16.9. The Morgan fingerprint density at radius 3 is 2.27 bits per heavy atom. The standard InChI is InChI=1S/C25H23FN4/c1-18-5-4-6-19(17-18)24-27-23-8-3-2-7-22(23)25(28-24)30-15-13-29(14-16-30)21-11-9-20(26)10-12-21/h2-12,17H,13-16H2,1H3. The highest BCUT2D eigenvalue weighted by atomic mass is 19.1. The summed E-state index contributed by atoms with van der Waals surface area (Å²) in [6, 6.07) is 23.3. The predicted molar refractivity (Wildman–Crippen MR) is 121 cm³/mol. The number of aromatic nitrogens is 2. The monoisotopic (exact) mass is 398 g/mol. The van der Waals surface area contributed by atoms with E-state index in [1.54, 1.807) is 0 Å². The molecule has 1 aliphatic rings. The van der Waals surface area contributed by atoms with Crippen molar-refractivity contribution in [3.8, 4) is 11.4 Å². The lowest BCUT2D eigenvalue weighted by atomic mass is 10.1. The molecule has 0 amide bonds. The molecule has 2 heterocycles. The lowest BCUT2D eigenvalue weighted by molar-refractivity contribution is 0.624. The van der Waals surface area contributed by atoms with Gasteiger partial charge in [0.15, 0.2) is 5.82 Å². The van der Waals surface area contributed by atoms with E-state index in [0.717, 1.165) is 60.0 Å². The van der Waals surface area contributed by atoms with Crippen LogP contribution in [0.15, 0.2) is 72.8 Å². The van der Waals surface area contributed by atoms with Crippen LogP contribution in [0.25, 0.3) is 22.3 Å². The molecule has 150 valence electrons. The second kappa shape index (κ2) is 7.75. The highest BCUT2D eigenvalue weighted by Crippen LogP contribution is 2.29. The first-order valence-electron chi connectivity index (χ1n) is 10.3. The van der Waals surface area contributed by atoms with Gasteiger partial charge in [-0.05, 0) is 49.4 Å². The zero-order chi connectivity index (χ0) is 20.5. The molecule has 0 radical (unpaired) electrons. The maximum absolute atomic E-state index is 13.2. The lowest BCUT2D eigenvalue weighted by Gasteiger charge is -2.37. The Labute approximate surface area is 175 Å². The van der Waals surface area contributed by atoms with Crippen molar-refractivity contribution >= 4 is 22.4 Å². The average molecular weight is 398 g/mol. The second-order valence-electron chi connectivity index (χ2n) is 7.71. The third-order valence-corrected chi connectivity index (χ3v) is 5.63. The molecule has 5 rings (SSSR count). The predicted octanol–water partition coefficient (Wildman–Crippen LogP) is 5.07. The van der Waals surface area contributed by atoms with Crippen LogP contribution >= 0.6 is 0 Å². The van der Waals surface area contributed by atoms with Crippen molar-refractivity contribution < 1.29 is 4.39 Å². The van der Waals surface area contributed by atoms with Crippen LogP contribution in [0.2, 0.25) is 0 Å². The summed E-state index contributed by atoms with van der Waals surface area (Å²) in [5, 5.41) is 1.07. The van der Waals surface area contributed by atoms with Gasteiger partial charge in [-0.2, -0.15) is 0 Å². The molecule has 4 nitrogen and oxygen atoms in total. The van der Waals surface area contributed by atoms with E-state index >= 15 is 0 Å². The Morgan fingerprint density at radius 1 is 0.767 bits per heavy atom. The van der Waals surface area contributed by atoms with Crippen molar-refractivity contribution in [2.75, 3.05) is 36.0 Å². The van der Waals surface area contributed by atoms with Crippen molar-refractivity contribution in [1.29, 1.82) is 0 Å². The number of piperazine rings is 1. The third-order valence-electron chi connectivity index (χ3n) is 5.63. The minimum absolute atomic E-state index is 0.200. The molecule has 1 fully saturated rings. The first kappa shape index (κ1) is 18.6. The first-order valence-corrected chi connectivity index (χ1v) is 10.3. The molecule has 1 saturated heterocycles. The van der Waals surface area contributed by atoms with Gasteiger partial charge in [0.05, 0.1) is 5.52 Å². The van der Waals surface area contributed by atoms with Crippen LogP contribution in [0.1, 0.15) is 5.56 Å². The van der Waals surface area contributed by atoms with Gasteiger partial charge in [0.1, 0.15) is 11.6 Å². The van der Waals surface area contributed by atoms with Gasteiger partial charge in [0, 0.05) is 42.8 Å². The number of aryl methyl sites for hydroxylation is 1. The largest absolute Gasteiger partial charge is 0.368 e. The number of anilines is 2. The van der Waals surface area contributed by atoms with Crippen LogP contribution in [0.3, 0.4) is 0 Å². The summed E-state index contributed by atoms with van der Waals surface area (Å²) in [7, 11) is 0. The number of para-hydroxylation sites is 1. The Morgan fingerprint density at radius 2 is 1.50 bits per heavy atom. The van der Waals surface area contributed by atoms with E-state index in [4.69, 9.17) is 9.97 Å². The zero-order valence-corrected chi connectivity index (χ0v) is 16.9. The van der Waals surface area contributed by atoms with Crippen molar-refractivity contribution in [3.05, 3.63) is 84.2 Å². The van der Waals surface area contributed by atoms with Crippen molar-refractivity contribution in [2.45, 2.75) is 6.92 Å². The van der Waals surface area contributed by atoms with E-state index in [2.05, 4.69) is 47.1 Å². The summed E-state index contributed by atoms with van der Waals surface area (Å²) in [5.74, 6) is 1.54. The quantitative estimate of drug-likeness (QED) is 0.482. The molecule has 5 heteroatoms. The fourth-order valence-electron chi connectivity index (χ4n) is 4.04. The Kier molecular flexibility index (Phi) is 4.79. The number of hydrogen-bond acceptors (Lipinski definition) is 4. The van der Waals surface area contributed by atoms with E-state index in [9.17, 15) is 4.39 Å². The first-order chi connectivity index (χ1) is 14.7. The Balaban J connectivity index is 1.47. The maximum Gasteiger partial charge on any atom is 0.162 e. The van der Waals surface area contributed by atoms with Crippen molar-refractivity contribution in [2.24, 2.45) is 0 Å². The van der Waals surface area contributed by atoms with Gasteiger partial charge in [-0.15, -0.1) is 0 Å². The number of hydrogen-bond donors (Lipinski definition) is 0. The van der Waals surface area contributed by atoms with Crippen LogP contribution in [0, 0.1) is 12.7 Å². The molecule has 0 atom stereocenters. The van der Waals surface area contributed by atoms with Crippen LogP contribution in [0.4, 0.5) is 15.9 Å². The number of benzene rings is 3. The van der Waals surface area contributed by atoms with Crippen molar-refractivity contribution in [1.82, 2.24) is 9.97 Å². The van der Waals surface area contributed by atoms with Crippen LogP contribution < -0.4 is 9.80 Å². The van der Waals surface area contributed by atoms with Gasteiger partial charge in [-0.1, -0.05) is 35.9 Å². The minimum Gasteiger partial charge on any atom is -0.368 e. The average Bonchev–Trinajstić information content (AvgIpc) is 2.79. The number of nitrogens with zero attached hydrogens (tertiary/aromatic N) is 4. The Hall–Kier alpha value is -3.47. The SMILES string of the molecule is Cc1cccc(-c2nc(N3CCN(c4ccc(F)cc4)CC3)c3ccccc3n2)c1. The second-order valence-corrected chi connectivity index (χ2v) is 7.71. The van der Waals surface area contributed by atoms with Gasteiger partial charge in [-0.25, -0.2) is 14.4 Å². The molecule has 0 unspecified atom stereocenters. The highest BCUT2D eigenvalue weighted by molar-refractivity contribution is 5.91. The fourth-order valence-corrected chi connectivity index (χ4v) is 4.04. The summed E-state index contributed by atoms with van der Waals surface area (Å²) < 4.78 is 13.2. The molecule has 0 N–H and O–H groups in total. The molecule has 30 heavy (non-hydrogen) atoms. The molecule has 0 bridgehead atoms. The minimum atomic E-state index is -0.200.